The Kier molecular flexibility index (Phi) is 5.58. The predicted octanol–water partition coefficient (Wildman–Crippen LogP) is 0.676. The fraction of sp³-hybridized carbons (Fsp3) is 0.500. The van der Waals surface area contributed by atoms with E-state index in [0.29, 0.717) is 13.1 Å². The van der Waals surface area contributed by atoms with Crippen LogP contribution in [0.1, 0.15) is 5.56 Å². The van der Waals surface area contributed by atoms with Crippen LogP contribution in [0.4, 0.5) is 0 Å². The van der Waals surface area contributed by atoms with E-state index in [9.17, 15) is 8.42 Å². The molecule has 6 heteroatoms. The number of benzene rings is 1. The van der Waals surface area contributed by atoms with Crippen LogP contribution in [-0.4, -0.2) is 46.2 Å². The maximum absolute atomic E-state index is 11.5. The molecule has 1 rings (SSSR count). The Balaban J connectivity index is 2.34. The second-order valence-corrected chi connectivity index (χ2v) is 6.43. The van der Waals surface area contributed by atoms with E-state index in [4.69, 9.17) is 4.74 Å². The lowest BCUT2D eigenvalue weighted by Crippen LogP contribution is -2.30. The summed E-state index contributed by atoms with van der Waals surface area (Å²) in [6, 6.07) is 7.67. The summed E-state index contributed by atoms with van der Waals surface area (Å²) in [7, 11) is 1.59. The van der Waals surface area contributed by atoms with Crippen LogP contribution in [0.2, 0.25) is 0 Å². The second kappa shape index (κ2) is 6.72. The summed E-state index contributed by atoms with van der Waals surface area (Å²) in [5, 5.41) is 3.10. The quantitative estimate of drug-likeness (QED) is 0.741. The van der Waals surface area contributed by atoms with Crippen molar-refractivity contribution in [2.75, 3.05) is 33.5 Å². The molecule has 0 saturated carbocycles. The van der Waals surface area contributed by atoms with Crippen molar-refractivity contribution in [2.24, 2.45) is 0 Å². The number of sulfonamides is 1. The normalized spacial score (nSPS) is 11.8. The Hall–Kier alpha value is -1.11. The van der Waals surface area contributed by atoms with Crippen molar-refractivity contribution in [3.05, 3.63) is 29.8 Å². The molecule has 0 amide bonds. The molecule has 0 unspecified atom stereocenters. The predicted molar refractivity (Wildman–Crippen MR) is 72.2 cm³/mol. The zero-order valence-corrected chi connectivity index (χ0v) is 11.8. The lowest BCUT2D eigenvalue weighted by Gasteiger charge is -2.11. The van der Waals surface area contributed by atoms with Crippen LogP contribution in [0.5, 0.6) is 5.75 Å². The van der Waals surface area contributed by atoms with Gasteiger partial charge in [0.1, 0.15) is 5.75 Å². The molecule has 0 aliphatic rings. The topological polar surface area (TPSA) is 58.6 Å². The van der Waals surface area contributed by atoms with Crippen LogP contribution in [0.25, 0.3) is 0 Å². The van der Waals surface area contributed by atoms with Crippen molar-refractivity contribution in [2.45, 2.75) is 6.54 Å². The average Bonchev–Trinajstić information content (AvgIpc) is 2.35. The Morgan fingerprint density at radius 3 is 2.33 bits per heavy atom. The first-order chi connectivity index (χ1) is 8.45. The highest BCUT2D eigenvalue weighted by Crippen LogP contribution is 2.10. The molecular weight excluding hydrogens is 252 g/mol. The van der Waals surface area contributed by atoms with E-state index in [1.807, 2.05) is 24.3 Å². The van der Waals surface area contributed by atoms with Gasteiger partial charge in [0.2, 0.25) is 10.0 Å². The second-order valence-electron chi connectivity index (χ2n) is 4.12. The Morgan fingerprint density at radius 2 is 1.83 bits per heavy atom. The van der Waals surface area contributed by atoms with Gasteiger partial charge in [-0.15, -0.1) is 0 Å². The Labute approximate surface area is 109 Å². The molecular formula is C12H20N2O3S. The molecule has 0 bridgehead atoms. The molecule has 1 N–H and O–H groups in total. The minimum absolute atomic E-state index is 0.107. The van der Waals surface area contributed by atoms with Gasteiger partial charge in [-0.2, -0.15) is 0 Å². The average molecular weight is 272 g/mol. The third-order valence-electron chi connectivity index (χ3n) is 2.58. The fourth-order valence-corrected chi connectivity index (χ4v) is 2.13. The SMILES string of the molecule is COc1ccc(CNCCS(=O)(=O)N(C)C)cc1. The van der Waals surface area contributed by atoms with Gasteiger partial charge >= 0.3 is 0 Å². The molecule has 102 valence electrons. The van der Waals surface area contributed by atoms with Crippen molar-refractivity contribution in [3.63, 3.8) is 0 Å². The van der Waals surface area contributed by atoms with Gasteiger partial charge in [0, 0.05) is 27.2 Å². The van der Waals surface area contributed by atoms with Gasteiger partial charge in [-0.05, 0) is 17.7 Å². The molecule has 0 aliphatic heterocycles. The first-order valence-corrected chi connectivity index (χ1v) is 7.30. The van der Waals surface area contributed by atoms with E-state index >= 15 is 0 Å². The van der Waals surface area contributed by atoms with E-state index in [2.05, 4.69) is 5.32 Å². The maximum atomic E-state index is 11.5. The summed E-state index contributed by atoms with van der Waals surface area (Å²) in [5.74, 6) is 0.921. The number of nitrogens with one attached hydrogen (secondary N) is 1. The third-order valence-corrected chi connectivity index (χ3v) is 4.41. The lowest BCUT2D eigenvalue weighted by molar-refractivity contribution is 0.414. The number of hydrogen-bond acceptors (Lipinski definition) is 4. The van der Waals surface area contributed by atoms with Gasteiger partial charge in [0.25, 0.3) is 0 Å². The highest BCUT2D eigenvalue weighted by Gasteiger charge is 2.12. The van der Waals surface area contributed by atoms with Crippen molar-refractivity contribution in [1.29, 1.82) is 0 Å². The van der Waals surface area contributed by atoms with Crippen LogP contribution in [-0.2, 0) is 16.6 Å². The molecule has 0 atom stereocenters. The van der Waals surface area contributed by atoms with Crippen LogP contribution < -0.4 is 10.1 Å². The molecule has 0 saturated heterocycles. The maximum Gasteiger partial charge on any atom is 0.214 e. The van der Waals surface area contributed by atoms with Crippen LogP contribution in [0.3, 0.4) is 0 Å². The Morgan fingerprint density at radius 1 is 1.22 bits per heavy atom. The molecule has 0 aromatic heterocycles. The molecule has 0 fully saturated rings. The zero-order valence-electron chi connectivity index (χ0n) is 11.0. The lowest BCUT2D eigenvalue weighted by atomic mass is 10.2. The summed E-state index contributed by atoms with van der Waals surface area (Å²) in [6.45, 7) is 1.08. The van der Waals surface area contributed by atoms with Crippen molar-refractivity contribution < 1.29 is 13.2 Å². The van der Waals surface area contributed by atoms with E-state index in [1.54, 1.807) is 21.2 Å². The van der Waals surface area contributed by atoms with E-state index in [-0.39, 0.29) is 5.75 Å². The Bertz CT molecular complexity index is 455. The fourth-order valence-electron chi connectivity index (χ4n) is 1.36. The van der Waals surface area contributed by atoms with Gasteiger partial charge in [0.15, 0.2) is 0 Å². The number of nitrogens with zero attached hydrogens (tertiary/aromatic N) is 1. The van der Waals surface area contributed by atoms with Gasteiger partial charge in [-0.3, -0.25) is 0 Å². The number of hydrogen-bond donors (Lipinski definition) is 1. The molecule has 0 heterocycles. The summed E-state index contributed by atoms with van der Waals surface area (Å²) in [4.78, 5) is 0. The zero-order chi connectivity index (χ0) is 13.6. The summed E-state index contributed by atoms with van der Waals surface area (Å²) >= 11 is 0. The molecule has 18 heavy (non-hydrogen) atoms. The molecule has 0 aliphatic carbocycles. The van der Waals surface area contributed by atoms with Crippen molar-refractivity contribution in [3.8, 4) is 5.75 Å². The summed E-state index contributed by atoms with van der Waals surface area (Å²) in [5.41, 5.74) is 1.10. The van der Waals surface area contributed by atoms with Crippen LogP contribution in [0.15, 0.2) is 24.3 Å². The highest BCUT2D eigenvalue weighted by atomic mass is 32.2. The van der Waals surface area contributed by atoms with E-state index < -0.39 is 10.0 Å². The third kappa shape index (κ3) is 4.64. The first kappa shape index (κ1) is 14.9. The highest BCUT2D eigenvalue weighted by molar-refractivity contribution is 7.89. The monoisotopic (exact) mass is 272 g/mol. The van der Waals surface area contributed by atoms with E-state index in [1.165, 1.54) is 4.31 Å². The van der Waals surface area contributed by atoms with Gasteiger partial charge in [-0.25, -0.2) is 12.7 Å². The number of methoxy groups -OCH3 is 1. The summed E-state index contributed by atoms with van der Waals surface area (Å²) in [6.07, 6.45) is 0. The van der Waals surface area contributed by atoms with Crippen LogP contribution in [0, 0.1) is 0 Å². The largest absolute Gasteiger partial charge is 0.497 e. The smallest absolute Gasteiger partial charge is 0.214 e. The number of rotatable bonds is 7. The summed E-state index contributed by atoms with van der Waals surface area (Å²) < 4.78 is 29.3. The first-order valence-electron chi connectivity index (χ1n) is 5.69. The van der Waals surface area contributed by atoms with Gasteiger partial charge in [0.05, 0.1) is 12.9 Å². The molecule has 0 radical (unpaired) electrons. The standard InChI is InChI=1S/C12H20N2O3S/c1-14(2)18(15,16)9-8-13-10-11-4-6-12(17-3)7-5-11/h4-7,13H,8-10H2,1-3H3. The van der Waals surface area contributed by atoms with E-state index in [0.717, 1.165) is 11.3 Å². The number of ether oxygens (including phenoxy) is 1. The molecule has 0 spiro atoms. The minimum atomic E-state index is -3.11. The van der Waals surface area contributed by atoms with Crippen molar-refractivity contribution in [1.82, 2.24) is 9.62 Å². The van der Waals surface area contributed by atoms with Crippen molar-refractivity contribution >= 4 is 10.0 Å². The van der Waals surface area contributed by atoms with Crippen LogP contribution >= 0.6 is 0 Å². The van der Waals surface area contributed by atoms with Gasteiger partial charge < -0.3 is 10.1 Å². The molecule has 1 aromatic rings. The van der Waals surface area contributed by atoms with Gasteiger partial charge in [-0.1, -0.05) is 12.1 Å². The molecule has 5 nitrogen and oxygen atoms in total. The minimum Gasteiger partial charge on any atom is -0.497 e. The molecule has 1 aromatic carbocycles.